The van der Waals surface area contributed by atoms with E-state index in [0.29, 0.717) is 46.7 Å². The van der Waals surface area contributed by atoms with Crippen molar-refractivity contribution in [1.29, 1.82) is 0 Å². The number of anilines is 1. The molecule has 3 heterocycles. The minimum Gasteiger partial charge on any atom is -0.497 e. The van der Waals surface area contributed by atoms with Gasteiger partial charge in [-0.25, -0.2) is 15.0 Å². The SMILES string of the molecule is COc1cc(OC)cc(/C(C)=N/C(=C\N(C)C=O)c2nc(-c3cn(C4CCNCC4)nc3C)cnc2N)c1. The van der Waals surface area contributed by atoms with E-state index in [0.717, 1.165) is 42.8 Å². The Balaban J connectivity index is 1.77. The van der Waals surface area contributed by atoms with Crippen LogP contribution in [0, 0.1) is 6.92 Å². The number of hydrogen-bond donors (Lipinski definition) is 2. The van der Waals surface area contributed by atoms with Crippen molar-refractivity contribution < 1.29 is 14.3 Å². The van der Waals surface area contributed by atoms with Gasteiger partial charge in [-0.15, -0.1) is 0 Å². The van der Waals surface area contributed by atoms with E-state index in [2.05, 4.69) is 10.3 Å². The molecule has 1 fully saturated rings. The summed E-state index contributed by atoms with van der Waals surface area (Å²) in [5.74, 6) is 1.46. The van der Waals surface area contributed by atoms with Crippen LogP contribution < -0.4 is 20.5 Å². The van der Waals surface area contributed by atoms with Crippen LogP contribution in [0.3, 0.4) is 0 Å². The van der Waals surface area contributed by atoms with Crippen LogP contribution in [0.25, 0.3) is 17.0 Å². The van der Waals surface area contributed by atoms with E-state index in [1.807, 2.05) is 36.9 Å². The maximum atomic E-state index is 11.5. The Bertz CT molecular complexity index is 1340. The van der Waals surface area contributed by atoms with Gasteiger partial charge in [0.25, 0.3) is 0 Å². The maximum absolute atomic E-state index is 11.5. The molecule has 0 radical (unpaired) electrons. The minimum absolute atomic E-state index is 0.197. The summed E-state index contributed by atoms with van der Waals surface area (Å²) < 4.78 is 12.8. The zero-order valence-corrected chi connectivity index (χ0v) is 22.4. The molecule has 0 saturated carbocycles. The van der Waals surface area contributed by atoms with E-state index in [1.54, 1.807) is 39.7 Å². The first-order valence-corrected chi connectivity index (χ1v) is 12.4. The summed E-state index contributed by atoms with van der Waals surface area (Å²) in [5.41, 5.74) is 10.8. The highest BCUT2D eigenvalue weighted by atomic mass is 16.5. The van der Waals surface area contributed by atoms with E-state index in [9.17, 15) is 4.79 Å². The molecule has 0 unspecified atom stereocenters. The van der Waals surface area contributed by atoms with Gasteiger partial charge in [0.05, 0.1) is 37.8 Å². The van der Waals surface area contributed by atoms with E-state index in [1.165, 1.54) is 4.90 Å². The molecule has 4 rings (SSSR count). The monoisotopic (exact) mass is 518 g/mol. The molecular weight excluding hydrogens is 484 g/mol. The summed E-state index contributed by atoms with van der Waals surface area (Å²) in [4.78, 5) is 26.9. The molecule has 38 heavy (non-hydrogen) atoms. The van der Waals surface area contributed by atoms with Crippen molar-refractivity contribution in [2.24, 2.45) is 4.99 Å². The number of hydrogen-bond acceptors (Lipinski definition) is 9. The van der Waals surface area contributed by atoms with Crippen LogP contribution in [0.2, 0.25) is 0 Å². The Morgan fingerprint density at radius 1 is 1.21 bits per heavy atom. The topological polar surface area (TPSA) is 133 Å². The Morgan fingerprint density at radius 2 is 1.89 bits per heavy atom. The van der Waals surface area contributed by atoms with Gasteiger partial charge in [0, 0.05) is 42.3 Å². The van der Waals surface area contributed by atoms with Crippen molar-refractivity contribution in [2.75, 3.05) is 40.1 Å². The molecule has 11 heteroatoms. The molecule has 1 saturated heterocycles. The average Bonchev–Trinajstić information content (AvgIpc) is 3.34. The largest absolute Gasteiger partial charge is 0.497 e. The van der Waals surface area contributed by atoms with Gasteiger partial charge >= 0.3 is 0 Å². The summed E-state index contributed by atoms with van der Waals surface area (Å²) in [6.45, 7) is 5.75. The van der Waals surface area contributed by atoms with E-state index >= 15 is 0 Å². The third-order valence-corrected chi connectivity index (χ3v) is 6.47. The molecular formula is C27H34N8O3. The molecule has 0 aliphatic carbocycles. The number of aliphatic imine (C=N–C) groups is 1. The summed E-state index contributed by atoms with van der Waals surface area (Å²) in [7, 11) is 4.80. The smallest absolute Gasteiger partial charge is 0.213 e. The summed E-state index contributed by atoms with van der Waals surface area (Å²) in [6.07, 6.45) is 7.96. The van der Waals surface area contributed by atoms with E-state index in [-0.39, 0.29) is 5.82 Å². The Kier molecular flexibility index (Phi) is 8.37. The van der Waals surface area contributed by atoms with Crippen LogP contribution in [-0.2, 0) is 4.79 Å². The number of nitrogens with two attached hydrogens (primary N) is 1. The van der Waals surface area contributed by atoms with Gasteiger partial charge in [-0.05, 0) is 51.9 Å². The second-order valence-electron chi connectivity index (χ2n) is 9.16. The van der Waals surface area contributed by atoms with Crippen molar-refractivity contribution in [3.05, 3.63) is 53.7 Å². The third-order valence-electron chi connectivity index (χ3n) is 6.47. The summed E-state index contributed by atoms with van der Waals surface area (Å²) in [5, 5.41) is 8.14. The maximum Gasteiger partial charge on any atom is 0.213 e. The number of rotatable bonds is 9. The summed E-state index contributed by atoms with van der Waals surface area (Å²) >= 11 is 0. The third kappa shape index (κ3) is 6.00. The quantitative estimate of drug-likeness (QED) is 0.326. The van der Waals surface area contributed by atoms with Crippen LogP contribution in [-0.4, -0.2) is 71.1 Å². The molecule has 2 aromatic heterocycles. The zero-order valence-electron chi connectivity index (χ0n) is 22.4. The van der Waals surface area contributed by atoms with Crippen molar-refractivity contribution in [1.82, 2.24) is 30.0 Å². The number of amides is 1. The molecule has 1 aliphatic heterocycles. The molecule has 0 spiro atoms. The van der Waals surface area contributed by atoms with E-state index in [4.69, 9.17) is 30.3 Å². The second-order valence-corrected chi connectivity index (χ2v) is 9.16. The number of piperidine rings is 1. The fourth-order valence-corrected chi connectivity index (χ4v) is 4.34. The second kappa shape index (κ2) is 11.9. The highest BCUT2D eigenvalue weighted by molar-refractivity contribution is 6.02. The number of ether oxygens (including phenoxy) is 2. The molecule has 3 aromatic rings. The summed E-state index contributed by atoms with van der Waals surface area (Å²) in [6, 6.07) is 5.83. The first kappa shape index (κ1) is 26.8. The lowest BCUT2D eigenvalue weighted by Crippen LogP contribution is -2.29. The molecule has 0 atom stereocenters. The van der Waals surface area contributed by atoms with Gasteiger partial charge in [-0.1, -0.05) is 0 Å². The van der Waals surface area contributed by atoms with Gasteiger partial charge in [0.2, 0.25) is 6.41 Å². The first-order chi connectivity index (χ1) is 18.3. The predicted octanol–water partition coefficient (Wildman–Crippen LogP) is 3.07. The molecule has 3 N–H and O–H groups in total. The fraction of sp³-hybridized carbons (Fsp3) is 0.370. The average molecular weight is 519 g/mol. The highest BCUT2D eigenvalue weighted by Crippen LogP contribution is 2.29. The van der Waals surface area contributed by atoms with Gasteiger partial charge < -0.3 is 25.4 Å². The van der Waals surface area contributed by atoms with Crippen molar-refractivity contribution in [2.45, 2.75) is 32.7 Å². The van der Waals surface area contributed by atoms with Crippen LogP contribution in [0.5, 0.6) is 11.5 Å². The molecule has 11 nitrogen and oxygen atoms in total. The molecule has 1 amide bonds. The number of aromatic nitrogens is 4. The molecule has 0 bridgehead atoms. The number of methoxy groups -OCH3 is 2. The van der Waals surface area contributed by atoms with Crippen LogP contribution in [0.1, 0.15) is 42.8 Å². The van der Waals surface area contributed by atoms with E-state index < -0.39 is 0 Å². The van der Waals surface area contributed by atoms with Crippen molar-refractivity contribution >= 4 is 23.6 Å². The number of nitrogens with one attached hydrogen (secondary N) is 1. The Morgan fingerprint density at radius 3 is 2.53 bits per heavy atom. The van der Waals surface area contributed by atoms with Crippen LogP contribution >= 0.6 is 0 Å². The number of aryl methyl sites for hydroxylation is 1. The normalized spacial score (nSPS) is 14.9. The first-order valence-electron chi connectivity index (χ1n) is 12.4. The molecule has 200 valence electrons. The standard InChI is InChI=1S/C27H34N8O3/c1-17(19-10-21(37-4)12-22(11-19)38-5)31-25(15-34(3)16-36)26-27(28)30-13-24(32-26)23-14-35(33-18(23)2)20-6-8-29-9-7-20/h10-16,20,29H,6-9H2,1-5H3,(H2,28,30)/b25-15-,31-17+. The van der Waals surface area contributed by atoms with Crippen molar-refractivity contribution in [3.63, 3.8) is 0 Å². The van der Waals surface area contributed by atoms with Crippen molar-refractivity contribution in [3.8, 4) is 22.8 Å². The minimum atomic E-state index is 0.197. The van der Waals surface area contributed by atoms with Crippen LogP contribution in [0.15, 0.2) is 41.8 Å². The number of carbonyl (C=O) groups is 1. The van der Waals surface area contributed by atoms with Gasteiger partial charge in [0.1, 0.15) is 22.9 Å². The lowest BCUT2D eigenvalue weighted by atomic mass is 10.1. The van der Waals surface area contributed by atoms with Crippen LogP contribution in [0.4, 0.5) is 5.82 Å². The molecule has 1 aliphatic rings. The van der Waals surface area contributed by atoms with Gasteiger partial charge in [-0.2, -0.15) is 5.10 Å². The fourth-order valence-electron chi connectivity index (χ4n) is 4.34. The number of nitrogen functional groups attached to an aromatic ring is 1. The predicted molar refractivity (Wildman–Crippen MR) is 147 cm³/mol. The Labute approximate surface area is 222 Å². The van der Waals surface area contributed by atoms with Gasteiger partial charge in [-0.3, -0.25) is 9.48 Å². The number of benzene rings is 1. The lowest BCUT2D eigenvalue weighted by molar-refractivity contribution is -0.114. The zero-order chi connectivity index (χ0) is 27.2. The number of nitrogens with zero attached hydrogens (tertiary/aromatic N) is 6. The lowest BCUT2D eigenvalue weighted by Gasteiger charge is -2.22. The number of carbonyl (C=O) groups excluding carboxylic acids is 1. The van der Waals surface area contributed by atoms with Gasteiger partial charge in [0.15, 0.2) is 5.82 Å². The molecule has 1 aromatic carbocycles. The highest BCUT2D eigenvalue weighted by Gasteiger charge is 2.20. The Hall–Kier alpha value is -4.25.